The van der Waals surface area contributed by atoms with Gasteiger partial charge in [-0.15, -0.1) is 0 Å². The Hall–Kier alpha value is -2.37. The summed E-state index contributed by atoms with van der Waals surface area (Å²) >= 11 is 0. The Balaban J connectivity index is 2.13. The van der Waals surface area contributed by atoms with E-state index in [2.05, 4.69) is 15.5 Å². The highest BCUT2D eigenvalue weighted by molar-refractivity contribution is 5.99. The first kappa shape index (κ1) is 13.1. The zero-order valence-electron chi connectivity index (χ0n) is 11.1. The van der Waals surface area contributed by atoms with Gasteiger partial charge in [-0.25, -0.2) is 0 Å². The number of rotatable bonds is 3. The third-order valence-electron chi connectivity index (χ3n) is 2.86. The van der Waals surface area contributed by atoms with Crippen LogP contribution in [0.4, 0.5) is 0 Å². The number of nitrogens with one attached hydrogen (secondary N) is 2. The lowest BCUT2D eigenvalue weighted by Crippen LogP contribution is -2.44. The number of likely N-dealkylation sites (N-methyl/N-ethyl adjacent to an activating group) is 1. The van der Waals surface area contributed by atoms with Gasteiger partial charge in [0.05, 0.1) is 11.7 Å². The predicted molar refractivity (Wildman–Crippen MR) is 71.7 cm³/mol. The van der Waals surface area contributed by atoms with Crippen molar-refractivity contribution in [3.05, 3.63) is 30.0 Å². The van der Waals surface area contributed by atoms with Crippen molar-refractivity contribution >= 4 is 22.7 Å². The summed E-state index contributed by atoms with van der Waals surface area (Å²) in [5, 5.41) is 10.3. The van der Waals surface area contributed by atoms with Crippen LogP contribution < -0.4 is 5.32 Å². The Morgan fingerprint density at radius 1 is 1.37 bits per heavy atom. The van der Waals surface area contributed by atoms with E-state index in [1.165, 1.54) is 4.90 Å². The number of carbonyl (C=O) groups is 2. The zero-order chi connectivity index (χ0) is 14.0. The SMILES string of the molecule is CC(NC(=O)c1ccc2cn[nH]c2c1)C(=O)N(C)C. The van der Waals surface area contributed by atoms with Crippen LogP contribution in [-0.2, 0) is 4.79 Å². The highest BCUT2D eigenvalue weighted by Crippen LogP contribution is 2.12. The maximum atomic E-state index is 12.0. The van der Waals surface area contributed by atoms with E-state index in [4.69, 9.17) is 0 Å². The summed E-state index contributed by atoms with van der Waals surface area (Å²) in [6.07, 6.45) is 1.69. The molecule has 1 atom stereocenters. The summed E-state index contributed by atoms with van der Waals surface area (Å²) in [7, 11) is 3.31. The number of carbonyl (C=O) groups excluding carboxylic acids is 2. The van der Waals surface area contributed by atoms with Crippen molar-refractivity contribution in [3.8, 4) is 0 Å². The second-order valence-corrected chi connectivity index (χ2v) is 4.60. The summed E-state index contributed by atoms with van der Waals surface area (Å²) in [4.78, 5) is 25.2. The molecule has 0 aliphatic carbocycles. The molecule has 6 nitrogen and oxygen atoms in total. The number of aromatic amines is 1. The van der Waals surface area contributed by atoms with Gasteiger partial charge in [0.15, 0.2) is 0 Å². The molecular formula is C13H16N4O2. The number of fused-ring (bicyclic) bond motifs is 1. The second-order valence-electron chi connectivity index (χ2n) is 4.60. The average molecular weight is 260 g/mol. The molecule has 0 aliphatic heterocycles. The first-order valence-electron chi connectivity index (χ1n) is 5.94. The molecule has 100 valence electrons. The van der Waals surface area contributed by atoms with E-state index in [0.717, 1.165) is 10.9 Å². The molecular weight excluding hydrogens is 244 g/mol. The molecule has 2 rings (SSSR count). The van der Waals surface area contributed by atoms with Gasteiger partial charge in [0.1, 0.15) is 6.04 Å². The topological polar surface area (TPSA) is 78.1 Å². The number of nitrogens with zero attached hydrogens (tertiary/aromatic N) is 2. The van der Waals surface area contributed by atoms with Gasteiger partial charge in [-0.05, 0) is 19.1 Å². The van der Waals surface area contributed by atoms with E-state index in [0.29, 0.717) is 5.56 Å². The molecule has 0 radical (unpaired) electrons. The lowest BCUT2D eigenvalue weighted by molar-refractivity contribution is -0.130. The summed E-state index contributed by atoms with van der Waals surface area (Å²) in [5.74, 6) is -0.421. The molecule has 6 heteroatoms. The van der Waals surface area contributed by atoms with Gasteiger partial charge in [0.2, 0.25) is 5.91 Å². The highest BCUT2D eigenvalue weighted by Gasteiger charge is 2.18. The van der Waals surface area contributed by atoms with Crippen LogP contribution in [-0.4, -0.2) is 47.0 Å². The minimum absolute atomic E-state index is 0.143. The zero-order valence-corrected chi connectivity index (χ0v) is 11.1. The van der Waals surface area contributed by atoms with Crippen LogP contribution in [0.25, 0.3) is 10.9 Å². The Labute approximate surface area is 110 Å². The lowest BCUT2D eigenvalue weighted by Gasteiger charge is -2.17. The number of H-pyrrole nitrogens is 1. The molecule has 0 aliphatic rings. The van der Waals surface area contributed by atoms with Gasteiger partial charge < -0.3 is 10.2 Å². The molecule has 2 N–H and O–H groups in total. The van der Waals surface area contributed by atoms with Crippen LogP contribution in [0.1, 0.15) is 17.3 Å². The fourth-order valence-corrected chi connectivity index (χ4v) is 1.81. The first-order chi connectivity index (χ1) is 8.99. The molecule has 1 aromatic carbocycles. The van der Waals surface area contributed by atoms with Gasteiger partial charge >= 0.3 is 0 Å². The van der Waals surface area contributed by atoms with Gasteiger partial charge in [-0.1, -0.05) is 6.07 Å². The largest absolute Gasteiger partial charge is 0.347 e. The quantitative estimate of drug-likeness (QED) is 0.855. The maximum absolute atomic E-state index is 12.0. The van der Waals surface area contributed by atoms with E-state index < -0.39 is 6.04 Å². The Morgan fingerprint density at radius 3 is 2.79 bits per heavy atom. The molecule has 2 amide bonds. The van der Waals surface area contributed by atoms with Gasteiger partial charge in [-0.2, -0.15) is 5.10 Å². The van der Waals surface area contributed by atoms with E-state index in [9.17, 15) is 9.59 Å². The van der Waals surface area contributed by atoms with Gasteiger partial charge in [0.25, 0.3) is 5.91 Å². The molecule has 2 aromatic rings. The Kier molecular flexibility index (Phi) is 3.50. The standard InChI is InChI=1S/C13H16N4O2/c1-8(13(19)17(2)3)15-12(18)9-4-5-10-7-14-16-11(10)6-9/h4-8H,1-3H3,(H,14,16)(H,15,18). The normalized spacial score (nSPS) is 12.2. The first-order valence-corrected chi connectivity index (χ1v) is 5.94. The minimum Gasteiger partial charge on any atom is -0.347 e. The molecule has 1 heterocycles. The van der Waals surface area contributed by atoms with E-state index in [1.54, 1.807) is 39.3 Å². The van der Waals surface area contributed by atoms with E-state index in [-0.39, 0.29) is 11.8 Å². The molecule has 1 aromatic heterocycles. The second kappa shape index (κ2) is 5.09. The van der Waals surface area contributed by atoms with Crippen molar-refractivity contribution in [2.45, 2.75) is 13.0 Å². The summed E-state index contributed by atoms with van der Waals surface area (Å²) in [6, 6.07) is 4.68. The lowest BCUT2D eigenvalue weighted by atomic mass is 10.1. The number of hydrogen-bond acceptors (Lipinski definition) is 3. The van der Waals surface area contributed by atoms with Crippen molar-refractivity contribution in [1.29, 1.82) is 0 Å². The summed E-state index contributed by atoms with van der Waals surface area (Å²) in [6.45, 7) is 1.66. The maximum Gasteiger partial charge on any atom is 0.251 e. The van der Waals surface area contributed by atoms with Crippen molar-refractivity contribution in [1.82, 2.24) is 20.4 Å². The van der Waals surface area contributed by atoms with Crippen LogP contribution >= 0.6 is 0 Å². The molecule has 0 bridgehead atoms. The van der Waals surface area contributed by atoms with Crippen LogP contribution in [0.5, 0.6) is 0 Å². The van der Waals surface area contributed by atoms with Gasteiger partial charge in [0, 0.05) is 25.0 Å². The van der Waals surface area contributed by atoms with Crippen LogP contribution in [0, 0.1) is 0 Å². The number of aromatic nitrogens is 2. The smallest absolute Gasteiger partial charge is 0.251 e. The van der Waals surface area contributed by atoms with E-state index >= 15 is 0 Å². The monoisotopic (exact) mass is 260 g/mol. The average Bonchev–Trinajstić information content (AvgIpc) is 2.84. The molecule has 0 fully saturated rings. The summed E-state index contributed by atoms with van der Waals surface area (Å²) in [5.41, 5.74) is 1.29. The summed E-state index contributed by atoms with van der Waals surface area (Å²) < 4.78 is 0. The van der Waals surface area contributed by atoms with E-state index in [1.807, 2.05) is 6.07 Å². The number of amides is 2. The van der Waals surface area contributed by atoms with Crippen LogP contribution in [0.2, 0.25) is 0 Å². The Bertz CT molecular complexity index is 618. The molecule has 1 unspecified atom stereocenters. The van der Waals surface area contributed by atoms with Crippen molar-refractivity contribution < 1.29 is 9.59 Å². The minimum atomic E-state index is -0.556. The predicted octanol–water partition coefficient (Wildman–Crippen LogP) is 0.769. The van der Waals surface area contributed by atoms with Gasteiger partial charge in [-0.3, -0.25) is 14.7 Å². The van der Waals surface area contributed by atoms with Crippen molar-refractivity contribution in [2.75, 3.05) is 14.1 Å². The third kappa shape index (κ3) is 2.73. The molecule has 19 heavy (non-hydrogen) atoms. The highest BCUT2D eigenvalue weighted by atomic mass is 16.2. The van der Waals surface area contributed by atoms with Crippen molar-refractivity contribution in [2.24, 2.45) is 0 Å². The van der Waals surface area contributed by atoms with Crippen LogP contribution in [0.15, 0.2) is 24.4 Å². The molecule has 0 saturated heterocycles. The molecule has 0 spiro atoms. The number of benzene rings is 1. The fraction of sp³-hybridized carbons (Fsp3) is 0.308. The fourth-order valence-electron chi connectivity index (χ4n) is 1.81. The Morgan fingerprint density at radius 2 is 2.11 bits per heavy atom. The van der Waals surface area contributed by atoms with Crippen LogP contribution in [0.3, 0.4) is 0 Å². The third-order valence-corrected chi connectivity index (χ3v) is 2.86. The number of hydrogen-bond donors (Lipinski definition) is 2. The molecule has 0 saturated carbocycles. The van der Waals surface area contributed by atoms with Crippen molar-refractivity contribution in [3.63, 3.8) is 0 Å².